The molecule has 1 saturated heterocycles. The first-order chi connectivity index (χ1) is 10.7. The van der Waals surface area contributed by atoms with Gasteiger partial charge in [0.05, 0.1) is 5.69 Å². The molecule has 3 rings (SSSR count). The molecule has 1 aliphatic heterocycles. The van der Waals surface area contributed by atoms with Crippen molar-refractivity contribution < 1.29 is 9.18 Å². The van der Waals surface area contributed by atoms with Crippen LogP contribution in [-0.4, -0.2) is 12.5 Å². The van der Waals surface area contributed by atoms with Crippen LogP contribution in [-0.2, 0) is 4.79 Å². The summed E-state index contributed by atoms with van der Waals surface area (Å²) in [6.45, 7) is 0.744. The monoisotopic (exact) mass is 295 g/mol. The molecule has 4 nitrogen and oxygen atoms in total. The summed E-state index contributed by atoms with van der Waals surface area (Å²) < 4.78 is 13.6. The molecule has 0 bridgehead atoms. The molecular weight excluding hydrogens is 281 g/mol. The smallest absolute Gasteiger partial charge is 0.227 e. The van der Waals surface area contributed by atoms with Crippen LogP contribution in [0, 0.1) is 17.1 Å². The summed E-state index contributed by atoms with van der Waals surface area (Å²) in [6, 6.07) is 13.6. The molecule has 5 heteroatoms. The Labute approximate surface area is 127 Å². The molecule has 0 radical (unpaired) electrons. The number of benzene rings is 2. The van der Waals surface area contributed by atoms with Gasteiger partial charge in [-0.05, 0) is 42.8 Å². The van der Waals surface area contributed by atoms with E-state index in [1.54, 1.807) is 17.0 Å². The zero-order valence-corrected chi connectivity index (χ0v) is 11.8. The second-order valence-electron chi connectivity index (χ2n) is 5.10. The Morgan fingerprint density at radius 1 is 1.18 bits per heavy atom. The average molecular weight is 295 g/mol. The minimum atomic E-state index is -0.549. The summed E-state index contributed by atoms with van der Waals surface area (Å²) in [4.78, 5) is 13.5. The van der Waals surface area contributed by atoms with Crippen LogP contribution in [0.25, 0.3) is 0 Å². The number of nitrogens with zero attached hydrogens (tertiary/aromatic N) is 2. The molecule has 0 saturated carbocycles. The van der Waals surface area contributed by atoms with Gasteiger partial charge in [0.2, 0.25) is 5.91 Å². The van der Waals surface area contributed by atoms with E-state index < -0.39 is 5.82 Å². The normalized spacial score (nSPS) is 14.0. The van der Waals surface area contributed by atoms with Crippen LogP contribution < -0.4 is 10.2 Å². The standard InChI is InChI=1S/C17H14FN3O/c18-15-3-1-4-16(14(15)11-19)20-12-6-8-13(9-7-12)21-10-2-5-17(21)22/h1,3-4,6-9,20H,2,5,10H2. The number of amides is 1. The van der Waals surface area contributed by atoms with Crippen LogP contribution in [0.15, 0.2) is 42.5 Å². The lowest BCUT2D eigenvalue weighted by Crippen LogP contribution is -2.23. The molecule has 1 aliphatic rings. The third kappa shape index (κ3) is 2.63. The van der Waals surface area contributed by atoms with Gasteiger partial charge < -0.3 is 10.2 Å². The van der Waals surface area contributed by atoms with Gasteiger partial charge in [-0.1, -0.05) is 6.07 Å². The van der Waals surface area contributed by atoms with Crippen molar-refractivity contribution >= 4 is 23.0 Å². The van der Waals surface area contributed by atoms with Gasteiger partial charge in [-0.15, -0.1) is 0 Å². The maximum Gasteiger partial charge on any atom is 0.227 e. The second kappa shape index (κ2) is 5.86. The van der Waals surface area contributed by atoms with Crippen LogP contribution in [0.4, 0.5) is 21.5 Å². The lowest BCUT2D eigenvalue weighted by atomic mass is 10.1. The van der Waals surface area contributed by atoms with Crippen molar-refractivity contribution in [2.75, 3.05) is 16.8 Å². The van der Waals surface area contributed by atoms with E-state index in [0.29, 0.717) is 12.1 Å². The van der Waals surface area contributed by atoms with E-state index in [-0.39, 0.29) is 11.5 Å². The fourth-order valence-corrected chi connectivity index (χ4v) is 2.54. The van der Waals surface area contributed by atoms with Crippen molar-refractivity contribution in [2.24, 2.45) is 0 Å². The first kappa shape index (κ1) is 14.1. The zero-order valence-electron chi connectivity index (χ0n) is 11.8. The highest BCUT2D eigenvalue weighted by atomic mass is 19.1. The summed E-state index contributed by atoms with van der Waals surface area (Å²) in [7, 11) is 0. The first-order valence-corrected chi connectivity index (χ1v) is 7.05. The molecule has 1 amide bonds. The fraction of sp³-hybridized carbons (Fsp3) is 0.176. The number of halogens is 1. The Bertz CT molecular complexity index is 749. The van der Waals surface area contributed by atoms with Gasteiger partial charge >= 0.3 is 0 Å². The van der Waals surface area contributed by atoms with Gasteiger partial charge in [-0.25, -0.2) is 4.39 Å². The third-order valence-corrected chi connectivity index (χ3v) is 3.66. The summed E-state index contributed by atoms with van der Waals surface area (Å²) >= 11 is 0. The third-order valence-electron chi connectivity index (χ3n) is 3.66. The highest BCUT2D eigenvalue weighted by molar-refractivity contribution is 5.95. The van der Waals surface area contributed by atoms with Crippen LogP contribution in [0.5, 0.6) is 0 Å². The van der Waals surface area contributed by atoms with E-state index in [2.05, 4.69) is 5.32 Å². The second-order valence-corrected chi connectivity index (χ2v) is 5.10. The van der Waals surface area contributed by atoms with Gasteiger partial charge in [-0.2, -0.15) is 5.26 Å². The topological polar surface area (TPSA) is 56.1 Å². The lowest BCUT2D eigenvalue weighted by molar-refractivity contribution is -0.117. The van der Waals surface area contributed by atoms with Crippen molar-refractivity contribution in [3.63, 3.8) is 0 Å². The molecule has 0 atom stereocenters. The van der Waals surface area contributed by atoms with Gasteiger partial charge in [0.1, 0.15) is 17.4 Å². The Kier molecular flexibility index (Phi) is 3.75. The van der Waals surface area contributed by atoms with Crippen LogP contribution >= 0.6 is 0 Å². The number of anilines is 3. The molecule has 0 spiro atoms. The summed E-state index contributed by atoms with van der Waals surface area (Å²) in [6.07, 6.45) is 1.47. The summed E-state index contributed by atoms with van der Waals surface area (Å²) in [5.74, 6) is -0.413. The first-order valence-electron chi connectivity index (χ1n) is 7.05. The average Bonchev–Trinajstić information content (AvgIpc) is 2.94. The van der Waals surface area contributed by atoms with Gasteiger partial charge in [0.15, 0.2) is 0 Å². The maximum absolute atomic E-state index is 13.6. The van der Waals surface area contributed by atoms with E-state index in [4.69, 9.17) is 5.26 Å². The van der Waals surface area contributed by atoms with Gasteiger partial charge in [-0.3, -0.25) is 4.79 Å². The largest absolute Gasteiger partial charge is 0.354 e. The van der Waals surface area contributed by atoms with E-state index in [1.807, 2.05) is 30.3 Å². The van der Waals surface area contributed by atoms with Crippen molar-refractivity contribution in [1.82, 2.24) is 0 Å². The number of rotatable bonds is 3. The number of carbonyl (C=O) groups excluding carboxylic acids is 1. The minimum Gasteiger partial charge on any atom is -0.354 e. The molecule has 1 heterocycles. The highest BCUT2D eigenvalue weighted by Crippen LogP contribution is 2.26. The number of nitrogens with one attached hydrogen (secondary N) is 1. The molecule has 0 unspecified atom stereocenters. The molecule has 0 aliphatic carbocycles. The van der Waals surface area contributed by atoms with Gasteiger partial charge in [0, 0.05) is 24.3 Å². The molecule has 110 valence electrons. The highest BCUT2D eigenvalue weighted by Gasteiger charge is 2.21. The molecule has 22 heavy (non-hydrogen) atoms. The number of hydrogen-bond donors (Lipinski definition) is 1. The number of hydrogen-bond acceptors (Lipinski definition) is 3. The predicted molar refractivity (Wildman–Crippen MR) is 82.4 cm³/mol. The Balaban J connectivity index is 1.81. The molecule has 1 fully saturated rings. The van der Waals surface area contributed by atoms with Crippen molar-refractivity contribution in [3.05, 3.63) is 53.8 Å². The van der Waals surface area contributed by atoms with E-state index in [0.717, 1.165) is 24.3 Å². The molecule has 2 aromatic rings. The number of nitriles is 1. The fourth-order valence-electron chi connectivity index (χ4n) is 2.54. The Morgan fingerprint density at radius 3 is 2.59 bits per heavy atom. The summed E-state index contributed by atoms with van der Waals surface area (Å²) in [5, 5.41) is 12.0. The maximum atomic E-state index is 13.6. The quantitative estimate of drug-likeness (QED) is 0.941. The van der Waals surface area contributed by atoms with Crippen LogP contribution in [0.2, 0.25) is 0 Å². The predicted octanol–water partition coefficient (Wildman–Crippen LogP) is 3.57. The van der Waals surface area contributed by atoms with Gasteiger partial charge in [0.25, 0.3) is 0 Å². The Morgan fingerprint density at radius 2 is 1.95 bits per heavy atom. The van der Waals surface area contributed by atoms with E-state index in [9.17, 15) is 9.18 Å². The minimum absolute atomic E-state index is 0.0127. The van der Waals surface area contributed by atoms with E-state index >= 15 is 0 Å². The van der Waals surface area contributed by atoms with Crippen molar-refractivity contribution in [1.29, 1.82) is 5.26 Å². The lowest BCUT2D eigenvalue weighted by Gasteiger charge is -2.16. The molecule has 1 N–H and O–H groups in total. The zero-order chi connectivity index (χ0) is 15.5. The molecule has 0 aromatic heterocycles. The van der Waals surface area contributed by atoms with Crippen LogP contribution in [0.3, 0.4) is 0 Å². The molecule has 2 aromatic carbocycles. The molecular formula is C17H14FN3O. The van der Waals surface area contributed by atoms with Crippen LogP contribution in [0.1, 0.15) is 18.4 Å². The summed E-state index contributed by atoms with van der Waals surface area (Å²) in [5.41, 5.74) is 2.00. The van der Waals surface area contributed by atoms with E-state index in [1.165, 1.54) is 6.07 Å². The van der Waals surface area contributed by atoms with Crippen molar-refractivity contribution in [2.45, 2.75) is 12.8 Å². The van der Waals surface area contributed by atoms with Crippen molar-refractivity contribution in [3.8, 4) is 6.07 Å². The number of carbonyl (C=O) groups is 1. The SMILES string of the molecule is N#Cc1c(F)cccc1Nc1ccc(N2CCCC2=O)cc1. The Hall–Kier alpha value is -2.87.